The Morgan fingerprint density at radius 2 is 1.36 bits per heavy atom. The Kier molecular flexibility index (Phi) is 4.22. The van der Waals surface area contributed by atoms with Crippen LogP contribution in [0.1, 0.15) is 62.5 Å². The molecule has 0 spiro atoms. The fourth-order valence-corrected chi connectivity index (χ4v) is 6.99. The second-order valence-electron chi connectivity index (χ2n) is 9.47. The van der Waals surface area contributed by atoms with E-state index < -0.39 is 0 Å². The van der Waals surface area contributed by atoms with Crippen molar-refractivity contribution in [2.75, 3.05) is 0 Å². The molecule has 0 aromatic heterocycles. The van der Waals surface area contributed by atoms with Gasteiger partial charge in [0, 0.05) is 12.8 Å². The number of rotatable bonds is 4. The van der Waals surface area contributed by atoms with Crippen LogP contribution in [0.5, 0.6) is 11.5 Å². The summed E-state index contributed by atoms with van der Waals surface area (Å²) in [5.41, 5.74) is 2.90. The van der Waals surface area contributed by atoms with Crippen molar-refractivity contribution in [1.82, 2.24) is 0 Å². The number of carbonyl (C=O) groups excluding carboxylic acids is 1. The number of phenolic OH excluding ortho intramolecular Hbond substituents is 1. The van der Waals surface area contributed by atoms with Crippen LogP contribution >= 0.6 is 0 Å². The van der Waals surface area contributed by atoms with E-state index in [1.54, 1.807) is 0 Å². The number of phenols is 1. The molecule has 4 saturated carbocycles. The molecule has 4 aliphatic carbocycles. The quantitative estimate of drug-likeness (QED) is 0.553. The molecule has 1 atom stereocenters. The van der Waals surface area contributed by atoms with E-state index in [4.69, 9.17) is 4.74 Å². The molecule has 2 aromatic rings. The second-order valence-corrected chi connectivity index (χ2v) is 9.47. The first kappa shape index (κ1) is 17.8. The molecule has 3 heteroatoms. The molecule has 1 N–H and O–H groups in total. The van der Waals surface area contributed by atoms with Gasteiger partial charge in [-0.05, 0) is 97.1 Å². The fourth-order valence-electron chi connectivity index (χ4n) is 6.99. The van der Waals surface area contributed by atoms with Crippen molar-refractivity contribution in [3.05, 3.63) is 59.7 Å². The molecule has 4 aliphatic rings. The van der Waals surface area contributed by atoms with Gasteiger partial charge in [-0.3, -0.25) is 4.79 Å². The minimum Gasteiger partial charge on any atom is -0.508 e. The Morgan fingerprint density at radius 3 is 1.82 bits per heavy atom. The van der Waals surface area contributed by atoms with Gasteiger partial charge in [0.05, 0.1) is 0 Å². The molecule has 0 amide bonds. The van der Waals surface area contributed by atoms with Crippen molar-refractivity contribution in [2.45, 2.75) is 51.4 Å². The molecule has 6 rings (SSSR count). The van der Waals surface area contributed by atoms with Crippen molar-refractivity contribution in [1.29, 1.82) is 0 Å². The Balaban J connectivity index is 1.56. The SMILES string of the molecule is CC(=O)Oc1ccc([C@@H](c2ccc(O)cc2)C23CC4CC(CC(C4)C2)C3)cc1. The van der Waals surface area contributed by atoms with Gasteiger partial charge in [-0.2, -0.15) is 0 Å². The smallest absolute Gasteiger partial charge is 0.308 e. The number of aromatic hydroxyl groups is 1. The lowest BCUT2D eigenvalue weighted by Crippen LogP contribution is -2.49. The van der Waals surface area contributed by atoms with Crippen molar-refractivity contribution in [3.8, 4) is 11.5 Å². The van der Waals surface area contributed by atoms with E-state index in [1.165, 1.54) is 56.6 Å². The molecular weight excluding hydrogens is 348 g/mol. The van der Waals surface area contributed by atoms with Crippen LogP contribution in [-0.2, 0) is 4.79 Å². The van der Waals surface area contributed by atoms with Gasteiger partial charge in [0.15, 0.2) is 0 Å². The number of ether oxygens (including phenoxy) is 1. The monoisotopic (exact) mass is 376 g/mol. The van der Waals surface area contributed by atoms with Gasteiger partial charge in [-0.25, -0.2) is 0 Å². The third kappa shape index (κ3) is 3.11. The van der Waals surface area contributed by atoms with Crippen LogP contribution in [0.2, 0.25) is 0 Å². The maximum Gasteiger partial charge on any atom is 0.308 e. The lowest BCUT2D eigenvalue weighted by atomic mass is 9.45. The summed E-state index contributed by atoms with van der Waals surface area (Å²) in [6.45, 7) is 1.43. The van der Waals surface area contributed by atoms with Gasteiger partial charge >= 0.3 is 5.97 Å². The summed E-state index contributed by atoms with van der Waals surface area (Å²) >= 11 is 0. The average molecular weight is 376 g/mol. The van der Waals surface area contributed by atoms with Crippen LogP contribution in [0.4, 0.5) is 0 Å². The summed E-state index contributed by atoms with van der Waals surface area (Å²) in [6, 6.07) is 15.9. The number of carbonyl (C=O) groups is 1. The third-order valence-corrected chi connectivity index (χ3v) is 7.40. The zero-order valence-electron chi connectivity index (χ0n) is 16.4. The molecule has 4 fully saturated rings. The van der Waals surface area contributed by atoms with E-state index in [-0.39, 0.29) is 5.97 Å². The summed E-state index contributed by atoms with van der Waals surface area (Å²) in [5, 5.41) is 9.81. The molecule has 2 aromatic carbocycles. The molecule has 0 saturated heterocycles. The highest BCUT2D eigenvalue weighted by molar-refractivity contribution is 5.69. The lowest BCUT2D eigenvalue weighted by molar-refractivity contribution is -0.131. The Labute approximate surface area is 166 Å². The maximum atomic E-state index is 11.3. The Bertz CT molecular complexity index is 830. The predicted octanol–water partition coefficient (Wildman–Crippen LogP) is 5.67. The summed E-state index contributed by atoms with van der Waals surface area (Å²) < 4.78 is 5.25. The minimum absolute atomic E-state index is 0.288. The maximum absolute atomic E-state index is 11.3. The zero-order valence-corrected chi connectivity index (χ0v) is 16.4. The highest BCUT2D eigenvalue weighted by Gasteiger charge is 2.54. The molecule has 0 radical (unpaired) electrons. The van der Waals surface area contributed by atoms with Crippen LogP contribution in [0.3, 0.4) is 0 Å². The first-order chi connectivity index (χ1) is 13.5. The van der Waals surface area contributed by atoms with Crippen LogP contribution < -0.4 is 4.74 Å². The van der Waals surface area contributed by atoms with Crippen LogP contribution in [0, 0.1) is 23.2 Å². The molecular formula is C25H28O3. The first-order valence-corrected chi connectivity index (χ1v) is 10.6. The molecule has 0 aliphatic heterocycles. The van der Waals surface area contributed by atoms with Gasteiger partial charge in [0.25, 0.3) is 0 Å². The van der Waals surface area contributed by atoms with E-state index >= 15 is 0 Å². The van der Waals surface area contributed by atoms with E-state index in [9.17, 15) is 9.90 Å². The molecule has 3 nitrogen and oxygen atoms in total. The van der Waals surface area contributed by atoms with E-state index in [2.05, 4.69) is 24.3 Å². The fraction of sp³-hybridized carbons (Fsp3) is 0.480. The second kappa shape index (κ2) is 6.65. The van der Waals surface area contributed by atoms with Gasteiger partial charge < -0.3 is 9.84 Å². The number of esters is 1. The summed E-state index contributed by atoms with van der Waals surface area (Å²) in [4.78, 5) is 11.3. The largest absolute Gasteiger partial charge is 0.508 e. The summed E-state index contributed by atoms with van der Waals surface area (Å²) in [5.74, 6) is 3.60. The van der Waals surface area contributed by atoms with Crippen molar-refractivity contribution >= 4 is 5.97 Å². The van der Waals surface area contributed by atoms with Gasteiger partial charge in [0.1, 0.15) is 11.5 Å². The molecule has 0 heterocycles. The lowest BCUT2D eigenvalue weighted by Gasteiger charge is -2.59. The van der Waals surface area contributed by atoms with Gasteiger partial charge in [-0.15, -0.1) is 0 Å². The topological polar surface area (TPSA) is 46.5 Å². The average Bonchev–Trinajstić information content (AvgIpc) is 2.63. The number of hydrogen-bond donors (Lipinski definition) is 1. The highest BCUT2D eigenvalue weighted by atomic mass is 16.5. The first-order valence-electron chi connectivity index (χ1n) is 10.6. The molecule has 28 heavy (non-hydrogen) atoms. The van der Waals surface area contributed by atoms with Gasteiger partial charge in [-0.1, -0.05) is 24.3 Å². The zero-order chi connectivity index (χ0) is 19.3. The Hall–Kier alpha value is -2.29. The van der Waals surface area contributed by atoms with Crippen molar-refractivity contribution in [2.24, 2.45) is 23.2 Å². The number of benzene rings is 2. The Morgan fingerprint density at radius 1 is 0.893 bits per heavy atom. The molecule has 0 unspecified atom stereocenters. The van der Waals surface area contributed by atoms with Gasteiger partial charge in [0.2, 0.25) is 0 Å². The van der Waals surface area contributed by atoms with Crippen LogP contribution in [0.25, 0.3) is 0 Å². The summed E-state index contributed by atoms with van der Waals surface area (Å²) in [6.07, 6.45) is 8.22. The molecule has 4 bridgehead atoms. The predicted molar refractivity (Wildman–Crippen MR) is 108 cm³/mol. The third-order valence-electron chi connectivity index (χ3n) is 7.40. The highest BCUT2D eigenvalue weighted by Crippen LogP contribution is 2.65. The van der Waals surface area contributed by atoms with E-state index in [0.29, 0.717) is 22.8 Å². The van der Waals surface area contributed by atoms with Crippen molar-refractivity contribution in [3.63, 3.8) is 0 Å². The normalized spacial score (nSPS) is 31.5. The standard InChI is InChI=1S/C25H28O3/c1-16(26)28-23-8-4-21(5-9-23)24(20-2-6-22(27)7-3-20)25-13-17-10-18(14-25)12-19(11-17)15-25/h2-9,17-19,24,27H,10-15H2,1H3/t17?,18?,19?,24-,25?/m1/s1. The van der Waals surface area contributed by atoms with E-state index in [1.807, 2.05) is 24.3 Å². The van der Waals surface area contributed by atoms with E-state index in [0.717, 1.165) is 17.8 Å². The summed E-state index contributed by atoms with van der Waals surface area (Å²) in [7, 11) is 0. The minimum atomic E-state index is -0.288. The van der Waals surface area contributed by atoms with Crippen LogP contribution in [-0.4, -0.2) is 11.1 Å². The number of hydrogen-bond acceptors (Lipinski definition) is 3. The van der Waals surface area contributed by atoms with Crippen LogP contribution in [0.15, 0.2) is 48.5 Å². The molecule has 146 valence electrons. The van der Waals surface area contributed by atoms with Crippen molar-refractivity contribution < 1.29 is 14.6 Å².